The summed E-state index contributed by atoms with van der Waals surface area (Å²) in [6.07, 6.45) is 0. The second-order valence-electron chi connectivity index (χ2n) is 7.58. The van der Waals surface area contributed by atoms with Gasteiger partial charge in [0.2, 0.25) is 0 Å². The Kier molecular flexibility index (Phi) is 6.06. The normalized spacial score (nSPS) is 19.8. The fourth-order valence-corrected chi connectivity index (χ4v) is 4.44. The quantitative estimate of drug-likeness (QED) is 0.502. The van der Waals surface area contributed by atoms with Crippen molar-refractivity contribution in [2.45, 2.75) is 19.5 Å². The van der Waals surface area contributed by atoms with Gasteiger partial charge in [0.1, 0.15) is 0 Å². The van der Waals surface area contributed by atoms with E-state index < -0.39 is 0 Å². The first-order chi connectivity index (χ1) is 14.5. The third-order valence-corrected chi connectivity index (χ3v) is 6.18. The van der Waals surface area contributed by atoms with Crippen molar-refractivity contribution in [2.24, 2.45) is 5.92 Å². The van der Waals surface area contributed by atoms with Gasteiger partial charge in [-0.2, -0.15) is 0 Å². The Morgan fingerprint density at radius 2 is 1.77 bits per heavy atom. The molecule has 0 aromatic heterocycles. The predicted molar refractivity (Wildman–Crippen MR) is 117 cm³/mol. The lowest BCUT2D eigenvalue weighted by Gasteiger charge is -2.45. The van der Waals surface area contributed by atoms with E-state index in [1.54, 1.807) is 31.2 Å². The molecule has 0 aliphatic carbocycles. The second-order valence-corrected chi connectivity index (χ2v) is 8.43. The van der Waals surface area contributed by atoms with E-state index in [4.69, 9.17) is 28.1 Å². The molecule has 2 fully saturated rings. The van der Waals surface area contributed by atoms with Crippen LogP contribution in [0.15, 0.2) is 48.5 Å². The van der Waals surface area contributed by atoms with E-state index in [0.29, 0.717) is 42.7 Å². The summed E-state index contributed by atoms with van der Waals surface area (Å²) in [4.78, 5) is 28.7. The first kappa shape index (κ1) is 20.8. The Hall–Kier alpha value is -2.44. The monoisotopic (exact) mass is 447 g/mol. The van der Waals surface area contributed by atoms with Crippen LogP contribution < -0.4 is 4.90 Å². The van der Waals surface area contributed by atoms with Crippen molar-refractivity contribution < 1.29 is 14.3 Å². The maximum absolute atomic E-state index is 12.8. The zero-order chi connectivity index (χ0) is 21.3. The maximum Gasteiger partial charge on any atom is 0.338 e. The number of carbonyl (C=O) groups is 2. The molecular formula is C22H23Cl2N3O3. The molecule has 2 aliphatic rings. The molecule has 2 aliphatic heterocycles. The molecular weight excluding hydrogens is 425 g/mol. The van der Waals surface area contributed by atoms with Crippen LogP contribution in [-0.4, -0.2) is 53.6 Å². The molecule has 2 atom stereocenters. The van der Waals surface area contributed by atoms with E-state index in [9.17, 15) is 9.59 Å². The van der Waals surface area contributed by atoms with E-state index in [0.717, 1.165) is 17.8 Å². The third-order valence-electron chi connectivity index (χ3n) is 5.66. The van der Waals surface area contributed by atoms with Gasteiger partial charge in [-0.1, -0.05) is 23.7 Å². The molecule has 2 aromatic carbocycles. The Morgan fingerprint density at radius 1 is 1.07 bits per heavy atom. The Labute approximate surface area is 186 Å². The lowest BCUT2D eigenvalue weighted by molar-refractivity contribution is 0.0526. The van der Waals surface area contributed by atoms with Crippen LogP contribution in [-0.2, 0) is 11.3 Å². The van der Waals surface area contributed by atoms with Gasteiger partial charge in [0.05, 0.1) is 24.8 Å². The summed E-state index contributed by atoms with van der Waals surface area (Å²) in [7, 11) is 0. The number of anilines is 1. The van der Waals surface area contributed by atoms with Gasteiger partial charge in [0.25, 0.3) is 0 Å². The number of urea groups is 1. The van der Waals surface area contributed by atoms with Gasteiger partial charge in [-0.15, -0.1) is 0 Å². The molecule has 4 rings (SSSR count). The van der Waals surface area contributed by atoms with Crippen molar-refractivity contribution in [2.75, 3.05) is 31.1 Å². The zero-order valence-corrected chi connectivity index (χ0v) is 18.1. The zero-order valence-electron chi connectivity index (χ0n) is 16.6. The SMILES string of the molecule is CCOC(=O)c1ccc(N2CC3CN(C(=O)N(Cl)Cc4ccc(Cl)cc4)CC32)cc1. The van der Waals surface area contributed by atoms with Gasteiger partial charge in [-0.3, -0.25) is 0 Å². The van der Waals surface area contributed by atoms with Crippen molar-refractivity contribution in [3.8, 4) is 0 Å². The molecule has 0 saturated carbocycles. The number of hydrogen-bond donors (Lipinski definition) is 0. The van der Waals surface area contributed by atoms with Gasteiger partial charge >= 0.3 is 12.0 Å². The molecule has 2 unspecified atom stereocenters. The molecule has 8 heteroatoms. The molecule has 158 valence electrons. The first-order valence-corrected chi connectivity index (χ1v) is 10.7. The van der Waals surface area contributed by atoms with Gasteiger partial charge < -0.3 is 14.5 Å². The Morgan fingerprint density at radius 3 is 2.43 bits per heavy atom. The minimum atomic E-state index is -0.314. The molecule has 2 aromatic rings. The second kappa shape index (κ2) is 8.74. The van der Waals surface area contributed by atoms with Gasteiger partial charge in [0, 0.05) is 48.0 Å². The minimum Gasteiger partial charge on any atom is -0.462 e. The van der Waals surface area contributed by atoms with E-state index in [1.165, 1.54) is 4.42 Å². The van der Waals surface area contributed by atoms with Crippen LogP contribution >= 0.6 is 23.4 Å². The van der Waals surface area contributed by atoms with E-state index in [-0.39, 0.29) is 18.0 Å². The average Bonchev–Trinajstić information content (AvgIpc) is 3.06. The van der Waals surface area contributed by atoms with Crippen LogP contribution in [0.25, 0.3) is 0 Å². The van der Waals surface area contributed by atoms with Crippen LogP contribution in [0.4, 0.5) is 10.5 Å². The summed E-state index contributed by atoms with van der Waals surface area (Å²) in [5.74, 6) is 0.116. The molecule has 0 spiro atoms. The minimum absolute atomic E-state index is 0.182. The van der Waals surface area contributed by atoms with E-state index >= 15 is 0 Å². The van der Waals surface area contributed by atoms with Crippen molar-refractivity contribution >= 4 is 41.1 Å². The summed E-state index contributed by atoms with van der Waals surface area (Å²) in [5, 5.41) is 0.651. The largest absolute Gasteiger partial charge is 0.462 e. The number of rotatable bonds is 5. The van der Waals surface area contributed by atoms with E-state index in [2.05, 4.69) is 4.90 Å². The fourth-order valence-electron chi connectivity index (χ4n) is 4.06. The number of ether oxygens (including phenoxy) is 1. The van der Waals surface area contributed by atoms with Gasteiger partial charge in [0.15, 0.2) is 0 Å². The lowest BCUT2D eigenvalue weighted by Crippen LogP contribution is -2.55. The predicted octanol–water partition coefficient (Wildman–Crippen LogP) is 4.41. The summed E-state index contributed by atoms with van der Waals surface area (Å²) in [6, 6.07) is 14.8. The summed E-state index contributed by atoms with van der Waals surface area (Å²) in [6.45, 7) is 4.68. The lowest BCUT2D eigenvalue weighted by atomic mass is 9.91. The highest BCUT2D eigenvalue weighted by Crippen LogP contribution is 2.37. The Bertz CT molecular complexity index is 920. The van der Waals surface area contributed by atoms with Gasteiger partial charge in [-0.25, -0.2) is 14.0 Å². The van der Waals surface area contributed by atoms with E-state index in [1.807, 2.05) is 29.2 Å². The molecule has 30 heavy (non-hydrogen) atoms. The molecule has 2 amide bonds. The summed E-state index contributed by atoms with van der Waals surface area (Å²) in [5.41, 5.74) is 2.51. The van der Waals surface area contributed by atoms with Crippen LogP contribution in [0.5, 0.6) is 0 Å². The topological polar surface area (TPSA) is 53.1 Å². The number of nitrogens with zero attached hydrogens (tertiary/aromatic N) is 3. The number of fused-ring (bicyclic) bond motifs is 1. The molecule has 2 saturated heterocycles. The van der Waals surface area contributed by atoms with Crippen LogP contribution in [0.1, 0.15) is 22.8 Å². The van der Waals surface area contributed by atoms with Crippen LogP contribution in [0.3, 0.4) is 0 Å². The number of hydrogen-bond acceptors (Lipinski definition) is 4. The first-order valence-electron chi connectivity index (χ1n) is 9.96. The Balaban J connectivity index is 1.34. The van der Waals surface area contributed by atoms with Crippen molar-refractivity contribution in [3.05, 3.63) is 64.7 Å². The molecule has 6 nitrogen and oxygen atoms in total. The molecule has 0 N–H and O–H groups in total. The summed E-state index contributed by atoms with van der Waals surface area (Å²) < 4.78 is 6.26. The average molecular weight is 448 g/mol. The fraction of sp³-hybridized carbons (Fsp3) is 0.364. The maximum atomic E-state index is 12.8. The number of carbonyl (C=O) groups excluding carboxylic acids is 2. The number of likely N-dealkylation sites (tertiary alicyclic amines) is 1. The third kappa shape index (κ3) is 4.20. The van der Waals surface area contributed by atoms with Crippen molar-refractivity contribution in [3.63, 3.8) is 0 Å². The highest BCUT2D eigenvalue weighted by molar-refractivity contribution is 6.30. The molecule has 0 bridgehead atoms. The smallest absolute Gasteiger partial charge is 0.338 e. The van der Waals surface area contributed by atoms with Crippen LogP contribution in [0, 0.1) is 5.92 Å². The highest BCUT2D eigenvalue weighted by atomic mass is 35.5. The standard InChI is InChI=1S/C22H23Cl2N3O3/c1-2-30-21(28)16-5-9-19(10-6-16)26-13-17-12-25(14-20(17)26)22(29)27(24)11-15-3-7-18(23)8-4-15/h3-10,17,20H,2,11-14H2,1H3. The van der Waals surface area contributed by atoms with Crippen molar-refractivity contribution in [1.82, 2.24) is 9.32 Å². The number of esters is 1. The molecule has 0 radical (unpaired) electrons. The van der Waals surface area contributed by atoms with Gasteiger partial charge in [-0.05, 0) is 48.9 Å². The number of benzene rings is 2. The highest BCUT2D eigenvalue weighted by Gasteiger charge is 2.47. The summed E-state index contributed by atoms with van der Waals surface area (Å²) >= 11 is 12.2. The number of amides is 2. The van der Waals surface area contributed by atoms with Crippen LogP contribution in [0.2, 0.25) is 5.02 Å². The molecule has 2 heterocycles. The van der Waals surface area contributed by atoms with Crippen molar-refractivity contribution in [1.29, 1.82) is 0 Å². The number of halogens is 2.